The predicted molar refractivity (Wildman–Crippen MR) is 109 cm³/mol. The summed E-state index contributed by atoms with van der Waals surface area (Å²) in [5.41, 5.74) is 5.38. The van der Waals surface area contributed by atoms with Crippen molar-refractivity contribution in [3.63, 3.8) is 0 Å². The fourth-order valence-corrected chi connectivity index (χ4v) is 3.10. The van der Waals surface area contributed by atoms with Gasteiger partial charge in [0.1, 0.15) is 0 Å². The molecule has 1 atom stereocenters. The quantitative estimate of drug-likeness (QED) is 0.710. The van der Waals surface area contributed by atoms with Gasteiger partial charge in [-0.05, 0) is 37.6 Å². The minimum atomic E-state index is -0.749. The van der Waals surface area contributed by atoms with E-state index in [1.54, 1.807) is 30.3 Å². The number of amides is 3. The Morgan fingerprint density at radius 3 is 2.60 bits per heavy atom. The first kappa shape index (κ1) is 21.0. The second kappa shape index (κ2) is 9.21. The van der Waals surface area contributed by atoms with Gasteiger partial charge in [0.05, 0.1) is 12.5 Å². The minimum Gasteiger partial charge on any atom is -0.455 e. The summed E-state index contributed by atoms with van der Waals surface area (Å²) >= 11 is 0. The van der Waals surface area contributed by atoms with Crippen LogP contribution >= 0.6 is 0 Å². The monoisotopic (exact) mass is 409 g/mol. The molecule has 0 saturated carbocycles. The highest BCUT2D eigenvalue weighted by atomic mass is 16.5. The smallest absolute Gasteiger partial charge is 0.311 e. The number of ether oxygens (including phenoxy) is 1. The Kier molecular flexibility index (Phi) is 6.46. The Bertz CT molecular complexity index is 988. The molecule has 2 aromatic carbocycles. The average Bonchev–Trinajstić information content (AvgIpc) is 3.08. The zero-order valence-corrected chi connectivity index (χ0v) is 16.8. The van der Waals surface area contributed by atoms with Crippen LogP contribution in [0.25, 0.3) is 0 Å². The van der Waals surface area contributed by atoms with Crippen LogP contribution in [0.15, 0.2) is 48.5 Å². The SMILES string of the molecule is Cc1cccc(C(=O)NN2C[C@@H](C(=O)OCC(=O)Nc3ccccc3C)CC2=O)c1. The number of aryl methyl sites for hydroxylation is 2. The van der Waals surface area contributed by atoms with Crippen LogP contribution in [0.2, 0.25) is 0 Å². The molecule has 2 aromatic rings. The van der Waals surface area contributed by atoms with E-state index in [0.717, 1.165) is 16.1 Å². The van der Waals surface area contributed by atoms with Crippen LogP contribution in [0, 0.1) is 19.8 Å². The highest BCUT2D eigenvalue weighted by Gasteiger charge is 2.36. The molecule has 8 heteroatoms. The van der Waals surface area contributed by atoms with E-state index < -0.39 is 30.3 Å². The Morgan fingerprint density at radius 2 is 1.87 bits per heavy atom. The summed E-state index contributed by atoms with van der Waals surface area (Å²) in [6.07, 6.45) is -0.0909. The summed E-state index contributed by atoms with van der Waals surface area (Å²) in [5.74, 6) is -2.69. The first-order valence-electron chi connectivity index (χ1n) is 9.53. The number of nitrogens with one attached hydrogen (secondary N) is 2. The molecule has 1 aliphatic rings. The molecule has 0 aromatic heterocycles. The second-order valence-corrected chi connectivity index (χ2v) is 7.19. The lowest BCUT2D eigenvalue weighted by Crippen LogP contribution is -2.43. The van der Waals surface area contributed by atoms with Crippen molar-refractivity contribution in [3.05, 3.63) is 65.2 Å². The molecular weight excluding hydrogens is 386 g/mol. The number of nitrogens with zero attached hydrogens (tertiary/aromatic N) is 1. The topological polar surface area (TPSA) is 105 Å². The lowest BCUT2D eigenvalue weighted by Gasteiger charge is -2.17. The lowest BCUT2D eigenvalue weighted by molar-refractivity contribution is -0.151. The van der Waals surface area contributed by atoms with Crippen molar-refractivity contribution in [2.75, 3.05) is 18.5 Å². The molecule has 8 nitrogen and oxygen atoms in total. The summed E-state index contributed by atoms with van der Waals surface area (Å²) in [6.45, 7) is 3.26. The largest absolute Gasteiger partial charge is 0.455 e. The van der Waals surface area contributed by atoms with Crippen molar-refractivity contribution in [1.29, 1.82) is 0 Å². The maximum atomic E-state index is 12.3. The molecule has 156 valence electrons. The molecule has 0 unspecified atom stereocenters. The van der Waals surface area contributed by atoms with E-state index in [0.29, 0.717) is 11.3 Å². The normalized spacial score (nSPS) is 15.6. The van der Waals surface area contributed by atoms with E-state index in [1.165, 1.54) is 0 Å². The van der Waals surface area contributed by atoms with E-state index in [2.05, 4.69) is 10.7 Å². The maximum absolute atomic E-state index is 12.3. The van der Waals surface area contributed by atoms with Crippen LogP contribution in [0.5, 0.6) is 0 Å². The van der Waals surface area contributed by atoms with Gasteiger partial charge in [0.2, 0.25) is 5.91 Å². The van der Waals surface area contributed by atoms with Gasteiger partial charge in [-0.2, -0.15) is 0 Å². The minimum absolute atomic E-state index is 0.00532. The standard InChI is InChI=1S/C22H23N3O5/c1-14-6-5-8-16(10-14)21(28)24-25-12-17(11-20(25)27)22(29)30-13-19(26)23-18-9-4-3-7-15(18)2/h3-10,17H,11-13H2,1-2H3,(H,23,26)(H,24,28)/t17-/m0/s1. The molecule has 3 rings (SSSR count). The molecule has 0 spiro atoms. The Hall–Kier alpha value is -3.68. The molecule has 1 aliphatic heterocycles. The van der Waals surface area contributed by atoms with Gasteiger partial charge in [-0.25, -0.2) is 0 Å². The number of carbonyl (C=O) groups is 4. The molecule has 0 aliphatic carbocycles. The number of carbonyl (C=O) groups excluding carboxylic acids is 4. The first-order valence-corrected chi connectivity index (χ1v) is 9.53. The van der Waals surface area contributed by atoms with Gasteiger partial charge < -0.3 is 10.1 Å². The van der Waals surface area contributed by atoms with Crippen LogP contribution in [0.3, 0.4) is 0 Å². The van der Waals surface area contributed by atoms with Crippen LogP contribution in [0.1, 0.15) is 27.9 Å². The van der Waals surface area contributed by atoms with Gasteiger partial charge in [-0.15, -0.1) is 0 Å². The van der Waals surface area contributed by atoms with Crippen molar-refractivity contribution >= 4 is 29.4 Å². The Balaban J connectivity index is 1.49. The number of benzene rings is 2. The van der Waals surface area contributed by atoms with Crippen molar-refractivity contribution < 1.29 is 23.9 Å². The predicted octanol–water partition coefficient (Wildman–Crippen LogP) is 1.98. The second-order valence-electron chi connectivity index (χ2n) is 7.19. The number of hydrazine groups is 1. The van der Waals surface area contributed by atoms with Crippen molar-refractivity contribution in [2.24, 2.45) is 5.92 Å². The number of anilines is 1. The molecular formula is C22H23N3O5. The zero-order valence-electron chi connectivity index (χ0n) is 16.8. The fourth-order valence-electron chi connectivity index (χ4n) is 3.10. The maximum Gasteiger partial charge on any atom is 0.311 e. The Labute approximate surface area is 174 Å². The molecule has 0 radical (unpaired) electrons. The molecule has 3 amide bonds. The van der Waals surface area contributed by atoms with Crippen molar-refractivity contribution in [1.82, 2.24) is 10.4 Å². The van der Waals surface area contributed by atoms with Crippen molar-refractivity contribution in [2.45, 2.75) is 20.3 Å². The summed E-state index contributed by atoms with van der Waals surface area (Å²) in [4.78, 5) is 48.8. The van der Waals surface area contributed by atoms with Crippen LogP contribution in [0.4, 0.5) is 5.69 Å². The van der Waals surface area contributed by atoms with Gasteiger partial charge in [0, 0.05) is 17.7 Å². The van der Waals surface area contributed by atoms with E-state index in [-0.39, 0.29) is 18.9 Å². The third kappa shape index (κ3) is 5.22. The molecule has 1 fully saturated rings. The molecule has 2 N–H and O–H groups in total. The molecule has 1 saturated heterocycles. The van der Waals surface area contributed by atoms with Crippen LogP contribution < -0.4 is 10.7 Å². The van der Waals surface area contributed by atoms with Crippen LogP contribution in [-0.2, 0) is 19.1 Å². The van der Waals surface area contributed by atoms with E-state index in [1.807, 2.05) is 32.0 Å². The van der Waals surface area contributed by atoms with E-state index in [9.17, 15) is 19.2 Å². The molecule has 30 heavy (non-hydrogen) atoms. The highest BCUT2D eigenvalue weighted by Crippen LogP contribution is 2.18. The molecule has 1 heterocycles. The number of hydrogen-bond donors (Lipinski definition) is 2. The number of hydrogen-bond acceptors (Lipinski definition) is 5. The number of rotatable bonds is 6. The van der Waals surface area contributed by atoms with E-state index >= 15 is 0 Å². The van der Waals surface area contributed by atoms with Crippen LogP contribution in [-0.4, -0.2) is 41.9 Å². The van der Waals surface area contributed by atoms with Gasteiger partial charge in [0.15, 0.2) is 6.61 Å². The Morgan fingerprint density at radius 1 is 1.10 bits per heavy atom. The van der Waals surface area contributed by atoms with Crippen molar-refractivity contribution in [3.8, 4) is 0 Å². The van der Waals surface area contributed by atoms with Gasteiger partial charge in [0.25, 0.3) is 11.8 Å². The van der Waals surface area contributed by atoms with Gasteiger partial charge in [-0.3, -0.25) is 29.6 Å². The third-order valence-corrected chi connectivity index (χ3v) is 4.74. The summed E-state index contributed by atoms with van der Waals surface area (Å²) < 4.78 is 5.06. The lowest BCUT2D eigenvalue weighted by atomic mass is 10.1. The summed E-state index contributed by atoms with van der Waals surface area (Å²) in [7, 11) is 0. The number of para-hydroxylation sites is 1. The first-order chi connectivity index (χ1) is 14.3. The number of esters is 1. The van der Waals surface area contributed by atoms with E-state index in [4.69, 9.17) is 4.74 Å². The summed E-state index contributed by atoms with van der Waals surface area (Å²) in [5, 5.41) is 3.79. The zero-order chi connectivity index (χ0) is 21.7. The van der Waals surface area contributed by atoms with Gasteiger partial charge >= 0.3 is 5.97 Å². The third-order valence-electron chi connectivity index (χ3n) is 4.74. The highest BCUT2D eigenvalue weighted by molar-refractivity contribution is 5.97. The summed E-state index contributed by atoms with van der Waals surface area (Å²) in [6, 6.07) is 14.2. The van der Waals surface area contributed by atoms with Gasteiger partial charge in [-0.1, -0.05) is 35.9 Å². The molecule has 0 bridgehead atoms. The fraction of sp³-hybridized carbons (Fsp3) is 0.273. The average molecular weight is 409 g/mol.